The molecule has 1 atom stereocenters. The van der Waals surface area contributed by atoms with Crippen LogP contribution in [0.25, 0.3) is 0 Å². The average molecular weight is 377 g/mol. The first-order valence-corrected chi connectivity index (χ1v) is 10.5. The maximum absolute atomic E-state index is 12.7. The van der Waals surface area contributed by atoms with Crippen molar-refractivity contribution in [3.05, 3.63) is 38.7 Å². The van der Waals surface area contributed by atoms with Crippen LogP contribution in [-0.2, 0) is 24.3 Å². The van der Waals surface area contributed by atoms with Crippen molar-refractivity contribution in [1.29, 1.82) is 0 Å². The van der Waals surface area contributed by atoms with E-state index in [1.54, 1.807) is 15.9 Å². The van der Waals surface area contributed by atoms with Gasteiger partial charge in [0.15, 0.2) is 0 Å². The fraction of sp³-hybridized carbons (Fsp3) is 0.632. The summed E-state index contributed by atoms with van der Waals surface area (Å²) in [5.74, 6) is 1.05. The molecule has 2 aromatic heterocycles. The van der Waals surface area contributed by atoms with Gasteiger partial charge in [0.25, 0.3) is 0 Å². The van der Waals surface area contributed by atoms with Crippen molar-refractivity contribution in [3.8, 4) is 0 Å². The summed E-state index contributed by atoms with van der Waals surface area (Å²) < 4.78 is 3.06. The molecule has 3 rings (SSSR count). The number of aromatic nitrogens is 3. The van der Waals surface area contributed by atoms with Gasteiger partial charge in [0, 0.05) is 17.8 Å². The molecule has 6 nitrogen and oxygen atoms in total. The number of carbonyl (C=O) groups is 1. The van der Waals surface area contributed by atoms with Crippen LogP contribution in [0.1, 0.15) is 62.7 Å². The van der Waals surface area contributed by atoms with Gasteiger partial charge in [0.05, 0.1) is 6.04 Å². The van der Waals surface area contributed by atoms with Crippen molar-refractivity contribution in [2.24, 2.45) is 5.92 Å². The molecule has 0 bridgehead atoms. The highest BCUT2D eigenvalue weighted by Gasteiger charge is 2.24. The van der Waals surface area contributed by atoms with Gasteiger partial charge in [-0.3, -0.25) is 9.36 Å². The molecule has 1 aliphatic rings. The van der Waals surface area contributed by atoms with Gasteiger partial charge in [-0.2, -0.15) is 5.10 Å². The first kappa shape index (κ1) is 18.9. The van der Waals surface area contributed by atoms with Crippen LogP contribution in [0.3, 0.4) is 0 Å². The Morgan fingerprint density at radius 1 is 1.31 bits per heavy atom. The number of hydrogen-bond acceptors (Lipinski definition) is 4. The van der Waals surface area contributed by atoms with E-state index in [4.69, 9.17) is 0 Å². The summed E-state index contributed by atoms with van der Waals surface area (Å²) in [5.41, 5.74) is -0.160. The summed E-state index contributed by atoms with van der Waals surface area (Å²) in [6.45, 7) is 5.00. The summed E-state index contributed by atoms with van der Waals surface area (Å²) in [4.78, 5) is 26.4. The minimum absolute atomic E-state index is 0.00589. The van der Waals surface area contributed by atoms with Crippen LogP contribution >= 0.6 is 11.3 Å². The molecule has 1 unspecified atom stereocenters. The third-order valence-corrected chi connectivity index (χ3v) is 6.22. The zero-order valence-corrected chi connectivity index (χ0v) is 16.4. The smallest absolute Gasteiger partial charge is 0.346 e. The summed E-state index contributed by atoms with van der Waals surface area (Å²) in [5, 5.41) is 9.60. The number of hydrogen-bond donors (Lipinski definition) is 1. The van der Waals surface area contributed by atoms with Crippen molar-refractivity contribution < 1.29 is 4.79 Å². The minimum atomic E-state index is -0.160. The molecule has 0 aromatic carbocycles. The van der Waals surface area contributed by atoms with Gasteiger partial charge in [-0.1, -0.05) is 39.2 Å². The Labute approximate surface area is 158 Å². The molecule has 0 saturated heterocycles. The molecule has 3 heterocycles. The van der Waals surface area contributed by atoms with E-state index >= 15 is 0 Å². The van der Waals surface area contributed by atoms with E-state index in [0.717, 1.165) is 44.3 Å². The molecule has 1 amide bonds. The van der Waals surface area contributed by atoms with E-state index in [-0.39, 0.29) is 24.2 Å². The highest BCUT2D eigenvalue weighted by Crippen LogP contribution is 2.30. The van der Waals surface area contributed by atoms with Gasteiger partial charge in [-0.15, -0.1) is 11.3 Å². The second kappa shape index (κ2) is 8.66. The molecule has 0 fully saturated rings. The van der Waals surface area contributed by atoms with Crippen LogP contribution < -0.4 is 11.0 Å². The van der Waals surface area contributed by atoms with Crippen LogP contribution in [0.5, 0.6) is 0 Å². The Balaban J connectivity index is 1.74. The van der Waals surface area contributed by atoms with Crippen LogP contribution in [0.15, 0.2) is 22.3 Å². The van der Waals surface area contributed by atoms with E-state index in [1.807, 2.05) is 11.4 Å². The summed E-state index contributed by atoms with van der Waals surface area (Å²) in [7, 11) is 0. The number of fused-ring (bicyclic) bond motifs is 1. The Morgan fingerprint density at radius 3 is 2.81 bits per heavy atom. The van der Waals surface area contributed by atoms with Gasteiger partial charge in [-0.05, 0) is 30.2 Å². The lowest BCUT2D eigenvalue weighted by Crippen LogP contribution is -2.37. The van der Waals surface area contributed by atoms with E-state index in [0.29, 0.717) is 12.5 Å². The van der Waals surface area contributed by atoms with E-state index < -0.39 is 0 Å². The number of amides is 1. The molecule has 0 aliphatic carbocycles. The molecule has 0 radical (unpaired) electrons. The predicted octanol–water partition coefficient (Wildman–Crippen LogP) is 3.13. The molecule has 1 N–H and O–H groups in total. The Kier molecular flexibility index (Phi) is 6.29. The Hall–Kier alpha value is -1.89. The first-order chi connectivity index (χ1) is 12.6. The molecule has 26 heavy (non-hydrogen) atoms. The molecule has 2 aromatic rings. The van der Waals surface area contributed by atoms with Gasteiger partial charge < -0.3 is 5.32 Å². The van der Waals surface area contributed by atoms with Gasteiger partial charge in [0.2, 0.25) is 5.91 Å². The molecule has 7 heteroatoms. The molecule has 1 aliphatic heterocycles. The third-order valence-electron chi connectivity index (χ3n) is 5.26. The number of nitrogens with zero attached hydrogens (tertiary/aromatic N) is 3. The summed E-state index contributed by atoms with van der Waals surface area (Å²) >= 11 is 1.66. The quantitative estimate of drug-likeness (QED) is 0.807. The maximum atomic E-state index is 12.7. The highest BCUT2D eigenvalue weighted by molar-refractivity contribution is 7.10. The zero-order chi connectivity index (χ0) is 18.5. The van der Waals surface area contributed by atoms with Crippen molar-refractivity contribution in [3.63, 3.8) is 0 Å². The fourth-order valence-electron chi connectivity index (χ4n) is 3.73. The minimum Gasteiger partial charge on any atom is -0.347 e. The molecule has 142 valence electrons. The van der Waals surface area contributed by atoms with Crippen LogP contribution in [0.4, 0.5) is 0 Å². The van der Waals surface area contributed by atoms with Crippen molar-refractivity contribution in [2.75, 3.05) is 0 Å². The average Bonchev–Trinajstić information content (AvgIpc) is 3.19. The van der Waals surface area contributed by atoms with Crippen molar-refractivity contribution in [1.82, 2.24) is 19.7 Å². The molecular formula is C19H28N4O2S. The Morgan fingerprint density at radius 2 is 2.12 bits per heavy atom. The van der Waals surface area contributed by atoms with E-state index in [9.17, 15) is 9.59 Å². The SMILES string of the molecule is CCC(CC)C(NC(=O)Cn1nc2n(c1=O)CCCCC2)c1cccs1. The second-order valence-electron chi connectivity index (χ2n) is 6.96. The lowest BCUT2D eigenvalue weighted by molar-refractivity contribution is -0.123. The van der Waals surface area contributed by atoms with Crippen molar-refractivity contribution in [2.45, 2.75) is 71.5 Å². The largest absolute Gasteiger partial charge is 0.347 e. The lowest BCUT2D eigenvalue weighted by Gasteiger charge is -2.25. The maximum Gasteiger partial charge on any atom is 0.346 e. The highest BCUT2D eigenvalue weighted by atomic mass is 32.1. The number of nitrogens with one attached hydrogen (secondary N) is 1. The van der Waals surface area contributed by atoms with Gasteiger partial charge in [-0.25, -0.2) is 9.48 Å². The van der Waals surface area contributed by atoms with E-state index in [1.165, 1.54) is 9.56 Å². The van der Waals surface area contributed by atoms with Crippen LogP contribution in [-0.4, -0.2) is 20.3 Å². The monoisotopic (exact) mass is 376 g/mol. The molecular weight excluding hydrogens is 348 g/mol. The summed E-state index contributed by atoms with van der Waals surface area (Å²) in [6, 6.07) is 4.07. The van der Waals surface area contributed by atoms with Crippen LogP contribution in [0.2, 0.25) is 0 Å². The fourth-order valence-corrected chi connectivity index (χ4v) is 4.60. The summed E-state index contributed by atoms with van der Waals surface area (Å²) in [6.07, 6.45) is 5.99. The normalized spacial score (nSPS) is 15.5. The number of aryl methyl sites for hydroxylation is 1. The predicted molar refractivity (Wildman–Crippen MR) is 103 cm³/mol. The second-order valence-corrected chi connectivity index (χ2v) is 7.94. The standard InChI is InChI=1S/C19H28N4O2S/c1-3-14(4-2)18(15-9-8-12-26-15)20-17(24)13-23-19(25)22-11-7-5-6-10-16(22)21-23/h8-9,12,14,18H,3-7,10-11,13H2,1-2H3,(H,20,24). The number of thiophene rings is 1. The van der Waals surface area contributed by atoms with Crippen LogP contribution in [0, 0.1) is 5.92 Å². The van der Waals surface area contributed by atoms with Gasteiger partial charge in [0.1, 0.15) is 12.4 Å². The zero-order valence-electron chi connectivity index (χ0n) is 15.6. The number of carbonyl (C=O) groups excluding carboxylic acids is 1. The third kappa shape index (κ3) is 4.09. The lowest BCUT2D eigenvalue weighted by atomic mass is 9.93. The van der Waals surface area contributed by atoms with E-state index in [2.05, 4.69) is 30.3 Å². The van der Waals surface area contributed by atoms with Gasteiger partial charge >= 0.3 is 5.69 Å². The Bertz CT molecular complexity index is 774. The topological polar surface area (TPSA) is 68.9 Å². The number of rotatable bonds is 7. The molecule has 0 spiro atoms. The first-order valence-electron chi connectivity index (χ1n) is 9.63. The van der Waals surface area contributed by atoms with Crippen molar-refractivity contribution >= 4 is 17.2 Å². The molecule has 0 saturated carbocycles.